The first kappa shape index (κ1) is 18.3. The molecule has 138 valence electrons. The molecule has 1 heterocycles. The SMILES string of the molecule is Cc1cccc(C2CC(=O)N(c3ccc(Cl)cc3Cl)C3=C2C(=O)CCC3)c1. The number of anilines is 1. The number of aryl methyl sites for hydroxylation is 1. The highest BCUT2D eigenvalue weighted by Gasteiger charge is 2.40. The summed E-state index contributed by atoms with van der Waals surface area (Å²) in [6.07, 6.45) is 2.21. The number of ketones is 1. The zero-order chi connectivity index (χ0) is 19.1. The molecule has 2 aromatic carbocycles. The highest BCUT2D eigenvalue weighted by Crippen LogP contribution is 2.45. The molecule has 2 aliphatic rings. The lowest BCUT2D eigenvalue weighted by Gasteiger charge is -2.38. The lowest BCUT2D eigenvalue weighted by Crippen LogP contribution is -2.40. The van der Waals surface area contributed by atoms with Gasteiger partial charge >= 0.3 is 0 Å². The topological polar surface area (TPSA) is 37.4 Å². The fourth-order valence-corrected chi connectivity index (χ4v) is 4.60. The van der Waals surface area contributed by atoms with Gasteiger partial charge < -0.3 is 0 Å². The Bertz CT molecular complexity index is 980. The second kappa shape index (κ2) is 7.14. The van der Waals surface area contributed by atoms with E-state index >= 15 is 0 Å². The third-order valence-electron chi connectivity index (χ3n) is 5.27. The molecular weight excluding hydrogens is 381 g/mol. The van der Waals surface area contributed by atoms with E-state index in [-0.39, 0.29) is 24.0 Å². The molecule has 3 nitrogen and oxygen atoms in total. The predicted molar refractivity (Wildman–Crippen MR) is 108 cm³/mol. The Morgan fingerprint density at radius 1 is 1.04 bits per heavy atom. The van der Waals surface area contributed by atoms with Crippen molar-refractivity contribution in [1.82, 2.24) is 0 Å². The van der Waals surface area contributed by atoms with E-state index in [0.29, 0.717) is 28.6 Å². The number of rotatable bonds is 2. The number of Topliss-reactive ketones (excluding diaryl/α,β-unsaturated/α-hetero) is 1. The van der Waals surface area contributed by atoms with E-state index in [2.05, 4.69) is 6.07 Å². The van der Waals surface area contributed by atoms with Crippen molar-refractivity contribution < 1.29 is 9.59 Å². The second-order valence-corrected chi connectivity index (χ2v) is 7.98. The Morgan fingerprint density at radius 3 is 2.59 bits per heavy atom. The predicted octanol–water partition coefficient (Wildman–Crippen LogP) is 5.83. The third kappa shape index (κ3) is 3.30. The average molecular weight is 400 g/mol. The molecule has 0 saturated heterocycles. The van der Waals surface area contributed by atoms with Gasteiger partial charge in [-0.3, -0.25) is 14.5 Å². The molecule has 4 rings (SSSR count). The van der Waals surface area contributed by atoms with Gasteiger partial charge in [0, 0.05) is 35.1 Å². The summed E-state index contributed by atoms with van der Waals surface area (Å²) in [5.74, 6) is -0.105. The van der Waals surface area contributed by atoms with Crippen LogP contribution in [-0.2, 0) is 9.59 Å². The summed E-state index contributed by atoms with van der Waals surface area (Å²) in [6, 6.07) is 13.2. The number of carbonyl (C=O) groups excluding carboxylic acids is 2. The van der Waals surface area contributed by atoms with Crippen molar-refractivity contribution in [3.8, 4) is 0 Å². The molecule has 1 aliphatic carbocycles. The van der Waals surface area contributed by atoms with Crippen LogP contribution >= 0.6 is 23.2 Å². The molecule has 27 heavy (non-hydrogen) atoms. The summed E-state index contributed by atoms with van der Waals surface area (Å²) >= 11 is 12.4. The van der Waals surface area contributed by atoms with Gasteiger partial charge in [0.15, 0.2) is 5.78 Å². The van der Waals surface area contributed by atoms with E-state index in [1.165, 1.54) is 0 Å². The molecule has 0 bridgehead atoms. The van der Waals surface area contributed by atoms with Crippen molar-refractivity contribution >= 4 is 40.6 Å². The first-order valence-electron chi connectivity index (χ1n) is 9.06. The van der Waals surface area contributed by atoms with E-state index in [0.717, 1.165) is 28.8 Å². The normalized spacial score (nSPS) is 20.1. The van der Waals surface area contributed by atoms with Gasteiger partial charge in [-0.2, -0.15) is 0 Å². The van der Waals surface area contributed by atoms with Gasteiger partial charge in [0.25, 0.3) is 0 Å². The quantitative estimate of drug-likeness (QED) is 0.636. The van der Waals surface area contributed by atoms with E-state index in [1.807, 2.05) is 25.1 Å². The number of nitrogens with zero attached hydrogens (tertiary/aromatic N) is 1. The monoisotopic (exact) mass is 399 g/mol. The lowest BCUT2D eigenvalue weighted by molar-refractivity contribution is -0.119. The number of carbonyl (C=O) groups is 2. The van der Waals surface area contributed by atoms with E-state index < -0.39 is 0 Å². The van der Waals surface area contributed by atoms with Crippen molar-refractivity contribution in [3.05, 3.63) is 74.9 Å². The molecule has 1 atom stereocenters. The van der Waals surface area contributed by atoms with Crippen LogP contribution in [0.1, 0.15) is 42.7 Å². The average Bonchev–Trinajstić information content (AvgIpc) is 2.62. The van der Waals surface area contributed by atoms with Crippen LogP contribution < -0.4 is 4.90 Å². The molecule has 1 unspecified atom stereocenters. The maximum atomic E-state index is 13.2. The number of amides is 1. The minimum Gasteiger partial charge on any atom is -0.294 e. The Kier molecular flexibility index (Phi) is 4.83. The molecule has 0 radical (unpaired) electrons. The summed E-state index contributed by atoms with van der Waals surface area (Å²) in [6.45, 7) is 2.02. The molecule has 0 spiro atoms. The highest BCUT2D eigenvalue weighted by molar-refractivity contribution is 6.37. The number of hydrogen-bond donors (Lipinski definition) is 0. The van der Waals surface area contributed by atoms with E-state index in [1.54, 1.807) is 23.1 Å². The van der Waals surface area contributed by atoms with Crippen molar-refractivity contribution in [2.75, 3.05) is 4.90 Å². The number of hydrogen-bond acceptors (Lipinski definition) is 2. The van der Waals surface area contributed by atoms with Gasteiger partial charge in [-0.05, 0) is 43.5 Å². The van der Waals surface area contributed by atoms with Gasteiger partial charge in [0.1, 0.15) is 0 Å². The molecule has 1 aliphatic heterocycles. The Morgan fingerprint density at radius 2 is 1.85 bits per heavy atom. The summed E-state index contributed by atoms with van der Waals surface area (Å²) < 4.78 is 0. The molecule has 0 aromatic heterocycles. The Labute approximate surface area is 168 Å². The second-order valence-electron chi connectivity index (χ2n) is 7.13. The fraction of sp³-hybridized carbons (Fsp3) is 0.273. The van der Waals surface area contributed by atoms with Gasteiger partial charge in [-0.1, -0.05) is 53.0 Å². The summed E-state index contributed by atoms with van der Waals surface area (Å²) in [5, 5.41) is 0.925. The minimum atomic E-state index is -0.192. The van der Waals surface area contributed by atoms with Crippen molar-refractivity contribution in [2.24, 2.45) is 0 Å². The maximum absolute atomic E-state index is 13.2. The Hall–Kier alpha value is -2.10. The molecule has 1 amide bonds. The largest absolute Gasteiger partial charge is 0.294 e. The molecule has 0 N–H and O–H groups in total. The summed E-state index contributed by atoms with van der Waals surface area (Å²) in [5.41, 5.74) is 4.29. The molecule has 5 heteroatoms. The number of allylic oxidation sites excluding steroid dienone is 2. The van der Waals surface area contributed by atoms with E-state index in [9.17, 15) is 9.59 Å². The molecule has 0 fully saturated rings. The van der Waals surface area contributed by atoms with Gasteiger partial charge in [-0.15, -0.1) is 0 Å². The van der Waals surface area contributed by atoms with Crippen LogP contribution in [0.5, 0.6) is 0 Å². The third-order valence-corrected chi connectivity index (χ3v) is 5.81. The van der Waals surface area contributed by atoms with Crippen molar-refractivity contribution in [2.45, 2.75) is 38.5 Å². The van der Waals surface area contributed by atoms with Gasteiger partial charge in [0.2, 0.25) is 5.91 Å². The number of benzene rings is 2. The smallest absolute Gasteiger partial charge is 0.232 e. The van der Waals surface area contributed by atoms with Gasteiger partial charge in [0.05, 0.1) is 10.7 Å². The summed E-state index contributed by atoms with van der Waals surface area (Å²) in [7, 11) is 0. The zero-order valence-corrected chi connectivity index (χ0v) is 16.5. The summed E-state index contributed by atoms with van der Waals surface area (Å²) in [4.78, 5) is 27.7. The van der Waals surface area contributed by atoms with Crippen LogP contribution in [0.4, 0.5) is 5.69 Å². The van der Waals surface area contributed by atoms with Crippen LogP contribution in [0.2, 0.25) is 10.0 Å². The van der Waals surface area contributed by atoms with Crippen molar-refractivity contribution in [1.29, 1.82) is 0 Å². The first-order valence-corrected chi connectivity index (χ1v) is 9.82. The van der Waals surface area contributed by atoms with Crippen LogP contribution in [0, 0.1) is 6.92 Å². The van der Waals surface area contributed by atoms with Crippen LogP contribution in [-0.4, -0.2) is 11.7 Å². The van der Waals surface area contributed by atoms with Crippen molar-refractivity contribution in [3.63, 3.8) is 0 Å². The minimum absolute atomic E-state index is 0.0424. The number of halogens is 2. The zero-order valence-electron chi connectivity index (χ0n) is 15.0. The van der Waals surface area contributed by atoms with E-state index in [4.69, 9.17) is 23.2 Å². The van der Waals surface area contributed by atoms with Gasteiger partial charge in [-0.25, -0.2) is 0 Å². The first-order chi connectivity index (χ1) is 13.0. The lowest BCUT2D eigenvalue weighted by atomic mass is 9.77. The van der Waals surface area contributed by atoms with Crippen LogP contribution in [0.3, 0.4) is 0 Å². The van der Waals surface area contributed by atoms with Crippen LogP contribution in [0.25, 0.3) is 0 Å². The standard InChI is InChI=1S/C22H19Cl2NO2/c1-13-4-2-5-14(10-13)16-12-21(27)25(18-9-8-15(23)11-17(18)24)19-6-3-7-20(26)22(16)19/h2,4-5,8-11,16H,3,6-7,12H2,1H3. The molecular formula is C22H19Cl2NO2. The fourth-order valence-electron chi connectivity index (χ4n) is 4.11. The Balaban J connectivity index is 1.88. The molecule has 0 saturated carbocycles. The highest BCUT2D eigenvalue weighted by atomic mass is 35.5. The van der Waals surface area contributed by atoms with Crippen LogP contribution in [0.15, 0.2) is 53.7 Å². The maximum Gasteiger partial charge on any atom is 0.232 e. The molecule has 2 aromatic rings.